The van der Waals surface area contributed by atoms with E-state index in [1.807, 2.05) is 0 Å². The molecule has 2 aromatic carbocycles. The minimum absolute atomic E-state index is 0.214. The molecular weight excluding hydrogens is 311 g/mol. The van der Waals surface area contributed by atoms with Gasteiger partial charge in [0.25, 0.3) is 0 Å². The number of rotatable bonds is 6. The van der Waals surface area contributed by atoms with E-state index in [0.29, 0.717) is 17.5 Å². The van der Waals surface area contributed by atoms with Gasteiger partial charge in [-0.25, -0.2) is 4.39 Å². The van der Waals surface area contributed by atoms with Crippen LogP contribution in [0.5, 0.6) is 11.5 Å². The van der Waals surface area contributed by atoms with Crippen LogP contribution in [0, 0.1) is 5.82 Å². The lowest BCUT2D eigenvalue weighted by atomic mass is 10.0. The molecule has 6 heteroatoms. The lowest BCUT2D eigenvalue weighted by Crippen LogP contribution is -2.46. The molecule has 2 unspecified atom stereocenters. The number of carbonyl (C=O) groups is 1. The van der Waals surface area contributed by atoms with Gasteiger partial charge >= 0.3 is 0 Å². The van der Waals surface area contributed by atoms with Crippen molar-refractivity contribution in [2.45, 2.75) is 31.8 Å². The van der Waals surface area contributed by atoms with Gasteiger partial charge in [0.2, 0.25) is 5.91 Å². The van der Waals surface area contributed by atoms with E-state index in [0.717, 1.165) is 0 Å². The number of halogens is 1. The molecule has 5 N–H and O–H groups in total. The second-order valence-electron chi connectivity index (χ2n) is 5.84. The molecule has 0 aliphatic rings. The van der Waals surface area contributed by atoms with E-state index in [9.17, 15) is 19.4 Å². The summed E-state index contributed by atoms with van der Waals surface area (Å²) in [6, 6.07) is 9.64. The highest BCUT2D eigenvalue weighted by Gasteiger charge is 2.17. The number of amides is 1. The molecule has 0 spiro atoms. The maximum absolute atomic E-state index is 13.6. The number of hydrogen-bond acceptors (Lipinski definition) is 4. The number of nitrogens with two attached hydrogens (primary N) is 1. The fourth-order valence-electron chi connectivity index (χ4n) is 2.44. The Kier molecular flexibility index (Phi) is 5.76. The van der Waals surface area contributed by atoms with Crippen LogP contribution in [0.4, 0.5) is 4.39 Å². The number of benzene rings is 2. The van der Waals surface area contributed by atoms with E-state index < -0.39 is 6.04 Å². The standard InChI is InChI=1S/C18H21FN2O3/c1-11(8-13-4-2-3-5-14(13)19)21-18(24)15(20)9-12-6-7-16(22)17(23)10-12/h2-7,10-11,15,22-23H,8-9,20H2,1H3,(H,21,24). The Bertz CT molecular complexity index is 721. The third-order valence-corrected chi connectivity index (χ3v) is 3.70. The summed E-state index contributed by atoms with van der Waals surface area (Å²) in [4.78, 5) is 12.1. The molecule has 24 heavy (non-hydrogen) atoms. The highest BCUT2D eigenvalue weighted by atomic mass is 19.1. The number of carbonyl (C=O) groups excluding carboxylic acids is 1. The number of nitrogens with one attached hydrogen (secondary N) is 1. The molecule has 0 saturated carbocycles. The van der Waals surface area contributed by atoms with E-state index in [1.165, 1.54) is 18.2 Å². The third-order valence-electron chi connectivity index (χ3n) is 3.70. The topological polar surface area (TPSA) is 95.6 Å². The van der Waals surface area contributed by atoms with Crippen LogP contribution in [-0.4, -0.2) is 28.2 Å². The van der Waals surface area contributed by atoms with Gasteiger partial charge < -0.3 is 21.3 Å². The maximum atomic E-state index is 13.6. The molecule has 0 aliphatic heterocycles. The van der Waals surface area contributed by atoms with Crippen LogP contribution in [-0.2, 0) is 17.6 Å². The van der Waals surface area contributed by atoms with E-state index >= 15 is 0 Å². The Balaban J connectivity index is 1.91. The number of phenolic OH excluding ortho intramolecular Hbond substituents is 2. The van der Waals surface area contributed by atoms with Crippen LogP contribution < -0.4 is 11.1 Å². The number of aromatic hydroxyl groups is 2. The summed E-state index contributed by atoms with van der Waals surface area (Å²) in [5.74, 6) is -1.14. The van der Waals surface area contributed by atoms with Crippen LogP contribution in [0.3, 0.4) is 0 Å². The molecule has 0 radical (unpaired) electrons. The minimum atomic E-state index is -0.808. The van der Waals surface area contributed by atoms with Crippen LogP contribution in [0.25, 0.3) is 0 Å². The van der Waals surface area contributed by atoms with Crippen molar-refractivity contribution < 1.29 is 19.4 Å². The molecular formula is C18H21FN2O3. The first-order chi connectivity index (χ1) is 11.4. The summed E-state index contributed by atoms with van der Waals surface area (Å²) >= 11 is 0. The summed E-state index contributed by atoms with van der Waals surface area (Å²) in [5.41, 5.74) is 7.04. The molecule has 2 atom stereocenters. The predicted octanol–water partition coefficient (Wildman–Crippen LogP) is 1.85. The Labute approximate surface area is 139 Å². The summed E-state index contributed by atoms with van der Waals surface area (Å²) in [5, 5.41) is 21.5. The molecule has 0 aliphatic carbocycles. The smallest absolute Gasteiger partial charge is 0.237 e. The van der Waals surface area contributed by atoms with E-state index in [-0.39, 0.29) is 35.7 Å². The Morgan fingerprint density at radius 3 is 2.54 bits per heavy atom. The maximum Gasteiger partial charge on any atom is 0.237 e. The first kappa shape index (κ1) is 17.7. The lowest BCUT2D eigenvalue weighted by Gasteiger charge is -2.18. The molecule has 0 heterocycles. The van der Waals surface area contributed by atoms with Crippen LogP contribution in [0.15, 0.2) is 42.5 Å². The molecule has 0 fully saturated rings. The van der Waals surface area contributed by atoms with Gasteiger partial charge in [-0.2, -0.15) is 0 Å². The van der Waals surface area contributed by atoms with Crippen LogP contribution in [0.2, 0.25) is 0 Å². The van der Waals surface area contributed by atoms with Crippen molar-refractivity contribution in [1.82, 2.24) is 5.32 Å². The molecule has 0 aromatic heterocycles. The van der Waals surface area contributed by atoms with Crippen molar-refractivity contribution in [3.63, 3.8) is 0 Å². The van der Waals surface area contributed by atoms with Gasteiger partial charge in [0.15, 0.2) is 11.5 Å². The zero-order chi connectivity index (χ0) is 17.7. The Morgan fingerprint density at radius 1 is 1.17 bits per heavy atom. The van der Waals surface area contributed by atoms with Crippen molar-refractivity contribution in [2.75, 3.05) is 0 Å². The van der Waals surface area contributed by atoms with Gasteiger partial charge in [-0.1, -0.05) is 24.3 Å². The highest BCUT2D eigenvalue weighted by Crippen LogP contribution is 2.25. The summed E-state index contributed by atoms with van der Waals surface area (Å²) in [6.45, 7) is 1.78. The first-order valence-electron chi connectivity index (χ1n) is 7.67. The first-order valence-corrected chi connectivity index (χ1v) is 7.67. The molecule has 2 rings (SSSR count). The molecule has 1 amide bonds. The van der Waals surface area contributed by atoms with Gasteiger partial charge in [0, 0.05) is 6.04 Å². The largest absolute Gasteiger partial charge is 0.504 e. The van der Waals surface area contributed by atoms with Crippen molar-refractivity contribution in [3.05, 3.63) is 59.4 Å². The van der Waals surface area contributed by atoms with Gasteiger partial charge in [-0.05, 0) is 49.1 Å². The van der Waals surface area contributed by atoms with Crippen molar-refractivity contribution in [1.29, 1.82) is 0 Å². The van der Waals surface area contributed by atoms with E-state index in [4.69, 9.17) is 5.73 Å². The molecule has 0 bridgehead atoms. The molecule has 2 aromatic rings. The highest BCUT2D eigenvalue weighted by molar-refractivity contribution is 5.82. The average Bonchev–Trinajstić information content (AvgIpc) is 2.53. The van der Waals surface area contributed by atoms with Gasteiger partial charge in [0.1, 0.15) is 5.82 Å². The molecule has 128 valence electrons. The monoisotopic (exact) mass is 332 g/mol. The second-order valence-corrected chi connectivity index (χ2v) is 5.84. The number of phenols is 2. The van der Waals surface area contributed by atoms with Crippen molar-refractivity contribution in [3.8, 4) is 11.5 Å². The van der Waals surface area contributed by atoms with Crippen LogP contribution in [0.1, 0.15) is 18.1 Å². The van der Waals surface area contributed by atoms with Gasteiger partial charge in [-0.3, -0.25) is 4.79 Å². The Morgan fingerprint density at radius 2 is 1.88 bits per heavy atom. The minimum Gasteiger partial charge on any atom is -0.504 e. The fourth-order valence-corrected chi connectivity index (χ4v) is 2.44. The van der Waals surface area contributed by atoms with E-state index in [2.05, 4.69) is 5.32 Å². The molecule has 5 nitrogen and oxygen atoms in total. The molecule has 0 saturated heterocycles. The number of hydrogen-bond donors (Lipinski definition) is 4. The fraction of sp³-hybridized carbons (Fsp3) is 0.278. The van der Waals surface area contributed by atoms with Crippen molar-refractivity contribution in [2.24, 2.45) is 5.73 Å². The summed E-state index contributed by atoms with van der Waals surface area (Å²) < 4.78 is 13.6. The predicted molar refractivity (Wildman–Crippen MR) is 89.2 cm³/mol. The van der Waals surface area contributed by atoms with Crippen molar-refractivity contribution >= 4 is 5.91 Å². The zero-order valence-corrected chi connectivity index (χ0v) is 13.4. The van der Waals surface area contributed by atoms with Gasteiger partial charge in [0.05, 0.1) is 6.04 Å². The third kappa shape index (κ3) is 4.70. The summed E-state index contributed by atoms with van der Waals surface area (Å²) in [7, 11) is 0. The zero-order valence-electron chi connectivity index (χ0n) is 13.4. The second kappa shape index (κ2) is 7.79. The van der Waals surface area contributed by atoms with Crippen LogP contribution >= 0.6 is 0 Å². The quantitative estimate of drug-likeness (QED) is 0.607. The normalized spacial score (nSPS) is 13.3. The lowest BCUT2D eigenvalue weighted by molar-refractivity contribution is -0.122. The Hall–Kier alpha value is -2.60. The summed E-state index contributed by atoms with van der Waals surface area (Å²) in [6.07, 6.45) is 0.581. The average molecular weight is 332 g/mol. The SMILES string of the molecule is CC(Cc1ccccc1F)NC(=O)C(N)Cc1ccc(O)c(O)c1. The van der Waals surface area contributed by atoms with Gasteiger partial charge in [-0.15, -0.1) is 0 Å². The van der Waals surface area contributed by atoms with E-state index in [1.54, 1.807) is 31.2 Å².